The molecule has 60 valence electrons. The molecule has 0 heterocycles. The predicted molar refractivity (Wildman–Crippen MR) is 44.2 cm³/mol. The Bertz CT molecular complexity index is 186. The first-order chi connectivity index (χ1) is 5.43. The zero-order chi connectivity index (χ0) is 7.94. The van der Waals surface area contributed by atoms with Crippen molar-refractivity contribution < 1.29 is 56.5 Å². The van der Waals surface area contributed by atoms with Crippen LogP contribution in [-0.2, 0) is 6.42 Å². The van der Waals surface area contributed by atoms with Crippen LogP contribution in [0.25, 0.3) is 0 Å². The monoisotopic (exact) mass is 188 g/mol. The van der Waals surface area contributed by atoms with E-state index in [1.54, 1.807) is 0 Å². The molecule has 0 spiro atoms. The summed E-state index contributed by atoms with van der Waals surface area (Å²) in [6.45, 7) is 0.0623. The predicted octanol–water partition coefficient (Wildman–Crippen LogP) is -1.63. The molecule has 0 aromatic heterocycles. The summed E-state index contributed by atoms with van der Waals surface area (Å²) in [5.41, 5.74) is 1.33. The van der Waals surface area contributed by atoms with E-state index in [2.05, 4.69) is 12.1 Å². The van der Waals surface area contributed by atoms with Crippen molar-refractivity contribution in [2.24, 2.45) is 0 Å². The van der Waals surface area contributed by atoms with Crippen LogP contribution in [0, 0.1) is 0 Å². The molecule has 0 atom stereocenters. The number of rotatable bonds is 4. The Morgan fingerprint density at radius 1 is 1.00 bits per heavy atom. The Hall–Kier alpha value is 0.816. The van der Waals surface area contributed by atoms with Crippen molar-refractivity contribution in [2.75, 3.05) is 6.61 Å². The molecule has 0 bridgehead atoms. The normalized spacial score (nSPS) is 9.08. The minimum Gasteiger partial charge on any atom is -0.854 e. The van der Waals surface area contributed by atoms with Crippen LogP contribution < -0.4 is 56.5 Å². The van der Waals surface area contributed by atoms with Crippen LogP contribution in [0.4, 0.5) is 0 Å². The molecule has 0 saturated carbocycles. The summed E-state index contributed by atoms with van der Waals surface area (Å²) in [4.78, 5) is 0. The van der Waals surface area contributed by atoms with Crippen molar-refractivity contribution >= 4 is 0 Å². The van der Waals surface area contributed by atoms with Gasteiger partial charge in [0.2, 0.25) is 0 Å². The fraction of sp³-hybridized carbons (Fsp3) is 0.400. The summed E-state index contributed by atoms with van der Waals surface area (Å²) in [6.07, 6.45) is 2.87. The Morgan fingerprint density at radius 2 is 1.67 bits per heavy atom. The maximum absolute atomic E-state index is 10.1. The average molecular weight is 188 g/mol. The first-order valence-electron chi connectivity index (χ1n) is 4.05. The van der Waals surface area contributed by atoms with Crippen LogP contribution in [0.5, 0.6) is 0 Å². The van der Waals surface area contributed by atoms with E-state index in [1.807, 2.05) is 18.2 Å². The first-order valence-corrected chi connectivity index (χ1v) is 4.05. The van der Waals surface area contributed by atoms with Gasteiger partial charge >= 0.3 is 51.4 Å². The molecule has 0 fully saturated rings. The smallest absolute Gasteiger partial charge is 0.854 e. The van der Waals surface area contributed by atoms with Crippen molar-refractivity contribution in [3.63, 3.8) is 0 Å². The Balaban J connectivity index is 0.00000121. The number of aryl methyl sites for hydroxylation is 1. The van der Waals surface area contributed by atoms with Crippen molar-refractivity contribution in [1.82, 2.24) is 0 Å². The van der Waals surface area contributed by atoms with Gasteiger partial charge in [-0.05, 0) is 12.0 Å². The zero-order valence-electron chi connectivity index (χ0n) is 7.62. The summed E-state index contributed by atoms with van der Waals surface area (Å²) in [5.74, 6) is 0. The molecule has 1 nitrogen and oxygen atoms in total. The molecule has 1 rings (SSSR count). The first kappa shape index (κ1) is 12.8. The molecule has 0 aliphatic heterocycles. The van der Waals surface area contributed by atoms with Gasteiger partial charge in [0.15, 0.2) is 0 Å². The standard InChI is InChI=1S/C10H13O.K/c11-9-5-4-8-10-6-2-1-3-7-10;/h1-3,6-7H,4-5,8-9H2;/q-1;+1. The Kier molecular flexibility index (Phi) is 8.99. The van der Waals surface area contributed by atoms with Crippen LogP contribution in [0.15, 0.2) is 30.3 Å². The van der Waals surface area contributed by atoms with Gasteiger partial charge < -0.3 is 5.11 Å². The van der Waals surface area contributed by atoms with Gasteiger partial charge in [-0.1, -0.05) is 43.2 Å². The van der Waals surface area contributed by atoms with E-state index in [4.69, 9.17) is 0 Å². The molecule has 0 amide bonds. The molecular weight excluding hydrogens is 175 g/mol. The maximum atomic E-state index is 10.1. The maximum Gasteiger partial charge on any atom is 1.00 e. The SMILES string of the molecule is [K+].[O-]CCCCc1ccccc1. The van der Waals surface area contributed by atoms with Gasteiger partial charge in [-0.3, -0.25) is 0 Å². The van der Waals surface area contributed by atoms with Gasteiger partial charge in [-0.25, -0.2) is 0 Å². The Morgan fingerprint density at radius 3 is 2.25 bits per heavy atom. The quantitative estimate of drug-likeness (QED) is 0.411. The van der Waals surface area contributed by atoms with Crippen molar-refractivity contribution in [3.8, 4) is 0 Å². The van der Waals surface area contributed by atoms with Gasteiger partial charge in [0.05, 0.1) is 0 Å². The average Bonchev–Trinajstić information content (AvgIpc) is 2.07. The van der Waals surface area contributed by atoms with E-state index in [-0.39, 0.29) is 58.0 Å². The Labute approximate surface area is 117 Å². The van der Waals surface area contributed by atoms with Crippen molar-refractivity contribution in [3.05, 3.63) is 35.9 Å². The third-order valence-electron chi connectivity index (χ3n) is 1.70. The molecule has 1 aromatic rings. The fourth-order valence-corrected chi connectivity index (χ4v) is 1.08. The van der Waals surface area contributed by atoms with Gasteiger partial charge in [-0.2, -0.15) is 0 Å². The summed E-state index contributed by atoms with van der Waals surface area (Å²) in [6, 6.07) is 10.3. The summed E-state index contributed by atoms with van der Waals surface area (Å²) < 4.78 is 0. The zero-order valence-corrected chi connectivity index (χ0v) is 10.7. The number of unbranched alkanes of at least 4 members (excludes halogenated alkanes) is 1. The molecule has 0 unspecified atom stereocenters. The second kappa shape index (κ2) is 8.42. The second-order valence-corrected chi connectivity index (χ2v) is 2.65. The van der Waals surface area contributed by atoms with Crippen LogP contribution in [0.1, 0.15) is 18.4 Å². The molecule has 0 aliphatic rings. The number of hydrogen-bond acceptors (Lipinski definition) is 1. The van der Waals surface area contributed by atoms with Crippen molar-refractivity contribution in [1.29, 1.82) is 0 Å². The van der Waals surface area contributed by atoms with Gasteiger partial charge in [-0.15, -0.1) is 6.61 Å². The van der Waals surface area contributed by atoms with E-state index in [9.17, 15) is 5.11 Å². The third kappa shape index (κ3) is 5.46. The van der Waals surface area contributed by atoms with E-state index >= 15 is 0 Å². The number of benzene rings is 1. The molecular formula is C10H13KO. The van der Waals surface area contributed by atoms with Gasteiger partial charge in [0, 0.05) is 0 Å². The van der Waals surface area contributed by atoms with E-state index in [0.29, 0.717) is 0 Å². The minimum absolute atomic E-state index is 0. The third-order valence-corrected chi connectivity index (χ3v) is 1.70. The van der Waals surface area contributed by atoms with Crippen molar-refractivity contribution in [2.45, 2.75) is 19.3 Å². The second-order valence-electron chi connectivity index (χ2n) is 2.65. The van der Waals surface area contributed by atoms with Crippen LogP contribution >= 0.6 is 0 Å². The molecule has 2 heteroatoms. The van der Waals surface area contributed by atoms with E-state index in [0.717, 1.165) is 19.3 Å². The van der Waals surface area contributed by atoms with Crippen LogP contribution in [0.2, 0.25) is 0 Å². The molecule has 1 aromatic carbocycles. The molecule has 0 N–H and O–H groups in total. The van der Waals surface area contributed by atoms with E-state index in [1.165, 1.54) is 5.56 Å². The van der Waals surface area contributed by atoms with Gasteiger partial charge in [0.1, 0.15) is 0 Å². The molecule has 12 heavy (non-hydrogen) atoms. The summed E-state index contributed by atoms with van der Waals surface area (Å²) in [7, 11) is 0. The molecule has 0 radical (unpaired) electrons. The minimum atomic E-state index is 0. The molecule has 0 aliphatic carbocycles. The number of hydrogen-bond donors (Lipinski definition) is 0. The topological polar surface area (TPSA) is 23.1 Å². The summed E-state index contributed by atoms with van der Waals surface area (Å²) in [5, 5.41) is 10.1. The largest absolute Gasteiger partial charge is 1.00 e. The van der Waals surface area contributed by atoms with Crippen LogP contribution in [0.3, 0.4) is 0 Å². The fourth-order valence-electron chi connectivity index (χ4n) is 1.08. The van der Waals surface area contributed by atoms with E-state index < -0.39 is 0 Å². The van der Waals surface area contributed by atoms with Crippen LogP contribution in [-0.4, -0.2) is 6.61 Å². The molecule has 0 saturated heterocycles. The van der Waals surface area contributed by atoms with Gasteiger partial charge in [0.25, 0.3) is 0 Å². The summed E-state index contributed by atoms with van der Waals surface area (Å²) >= 11 is 0.